The second-order valence-electron chi connectivity index (χ2n) is 5.26. The van der Waals surface area contributed by atoms with Crippen LogP contribution in [-0.2, 0) is 10.0 Å². The van der Waals surface area contributed by atoms with E-state index in [2.05, 4.69) is 12.2 Å². The third-order valence-corrected chi connectivity index (χ3v) is 5.84. The number of benzene rings is 1. The van der Waals surface area contributed by atoms with Crippen molar-refractivity contribution >= 4 is 10.0 Å². The topological polar surface area (TPSA) is 73.2 Å². The molecule has 1 aliphatic rings. The Kier molecular flexibility index (Phi) is 5.34. The van der Waals surface area contributed by atoms with E-state index >= 15 is 0 Å². The van der Waals surface area contributed by atoms with Crippen molar-refractivity contribution in [3.05, 3.63) is 29.8 Å². The lowest BCUT2D eigenvalue weighted by Gasteiger charge is -2.31. The van der Waals surface area contributed by atoms with Crippen LogP contribution in [0.1, 0.15) is 25.3 Å². The Bertz CT molecular complexity index is 614. The quantitative estimate of drug-likeness (QED) is 0.896. The molecule has 0 aliphatic carbocycles. The summed E-state index contributed by atoms with van der Waals surface area (Å²) in [5, 5.41) is 12.4. The molecule has 1 fully saturated rings. The normalized spacial score (nSPS) is 17.5. The van der Waals surface area contributed by atoms with Gasteiger partial charge >= 0.3 is 0 Å². The van der Waals surface area contributed by atoms with Gasteiger partial charge in [0.1, 0.15) is 6.07 Å². The standard InChI is InChI=1S/C15H21N3O2S/c1-2-17-12-13-7-9-18(10-8-13)21(19,20)15-6-4-3-5-14(15)11-16/h3-6,13,17H,2,7-10,12H2,1H3. The second kappa shape index (κ2) is 7.03. The van der Waals surface area contributed by atoms with Crippen LogP contribution >= 0.6 is 0 Å². The van der Waals surface area contributed by atoms with Crippen molar-refractivity contribution in [3.63, 3.8) is 0 Å². The smallest absolute Gasteiger partial charge is 0.244 e. The van der Waals surface area contributed by atoms with Crippen LogP contribution in [0.5, 0.6) is 0 Å². The molecule has 21 heavy (non-hydrogen) atoms. The maximum Gasteiger partial charge on any atom is 0.244 e. The number of nitrogens with one attached hydrogen (secondary N) is 1. The molecular formula is C15H21N3O2S. The maximum atomic E-state index is 12.6. The fourth-order valence-corrected chi connectivity index (χ4v) is 4.24. The molecule has 1 N–H and O–H groups in total. The highest BCUT2D eigenvalue weighted by molar-refractivity contribution is 7.89. The molecule has 0 atom stereocenters. The molecule has 6 heteroatoms. The molecular weight excluding hydrogens is 286 g/mol. The highest BCUT2D eigenvalue weighted by atomic mass is 32.2. The average Bonchev–Trinajstić information content (AvgIpc) is 2.53. The highest BCUT2D eigenvalue weighted by Gasteiger charge is 2.30. The van der Waals surface area contributed by atoms with Gasteiger partial charge in [-0.1, -0.05) is 19.1 Å². The lowest BCUT2D eigenvalue weighted by atomic mass is 9.98. The number of rotatable bonds is 5. The van der Waals surface area contributed by atoms with Crippen molar-refractivity contribution in [2.75, 3.05) is 26.2 Å². The molecule has 0 bridgehead atoms. The number of sulfonamides is 1. The van der Waals surface area contributed by atoms with Gasteiger partial charge in [0.25, 0.3) is 0 Å². The zero-order valence-electron chi connectivity index (χ0n) is 12.2. The molecule has 0 spiro atoms. The summed E-state index contributed by atoms with van der Waals surface area (Å²) in [5.41, 5.74) is 0.215. The number of hydrogen-bond donors (Lipinski definition) is 1. The molecule has 1 saturated heterocycles. The monoisotopic (exact) mass is 307 g/mol. The van der Waals surface area contributed by atoms with Crippen LogP contribution in [0.3, 0.4) is 0 Å². The predicted molar refractivity (Wildman–Crippen MR) is 81.2 cm³/mol. The van der Waals surface area contributed by atoms with Crippen molar-refractivity contribution in [2.45, 2.75) is 24.7 Å². The van der Waals surface area contributed by atoms with E-state index in [-0.39, 0.29) is 10.5 Å². The summed E-state index contributed by atoms with van der Waals surface area (Å²) in [5.74, 6) is 0.530. The first-order valence-corrected chi connectivity index (χ1v) is 8.73. The van der Waals surface area contributed by atoms with E-state index in [9.17, 15) is 8.42 Å². The molecule has 1 aromatic rings. The molecule has 0 aromatic heterocycles. The molecule has 1 aromatic carbocycles. The Labute approximate surface area is 126 Å². The fraction of sp³-hybridized carbons (Fsp3) is 0.533. The van der Waals surface area contributed by atoms with E-state index in [0.717, 1.165) is 25.9 Å². The van der Waals surface area contributed by atoms with E-state index in [1.165, 1.54) is 10.4 Å². The SMILES string of the molecule is CCNCC1CCN(S(=O)(=O)c2ccccc2C#N)CC1. The molecule has 0 radical (unpaired) electrons. The molecule has 1 aliphatic heterocycles. The van der Waals surface area contributed by atoms with Gasteiger partial charge in [0.05, 0.1) is 10.5 Å². The zero-order valence-corrected chi connectivity index (χ0v) is 13.1. The third kappa shape index (κ3) is 3.62. The molecule has 2 rings (SSSR count). The number of nitrogens with zero attached hydrogens (tertiary/aromatic N) is 2. The minimum Gasteiger partial charge on any atom is -0.317 e. The summed E-state index contributed by atoms with van der Waals surface area (Å²) in [6.45, 7) is 5.00. The lowest BCUT2D eigenvalue weighted by Crippen LogP contribution is -2.40. The van der Waals surface area contributed by atoms with Crippen molar-refractivity contribution in [1.82, 2.24) is 9.62 Å². The van der Waals surface area contributed by atoms with E-state index in [1.54, 1.807) is 18.2 Å². The third-order valence-electron chi connectivity index (χ3n) is 3.88. The van der Waals surface area contributed by atoms with Crippen molar-refractivity contribution < 1.29 is 8.42 Å². The molecule has 5 nitrogen and oxygen atoms in total. The van der Waals surface area contributed by atoms with Crippen LogP contribution < -0.4 is 5.32 Å². The number of piperidine rings is 1. The van der Waals surface area contributed by atoms with E-state index < -0.39 is 10.0 Å². The first-order valence-electron chi connectivity index (χ1n) is 7.29. The first-order chi connectivity index (χ1) is 10.1. The van der Waals surface area contributed by atoms with Gasteiger partial charge in [-0.15, -0.1) is 0 Å². The Balaban J connectivity index is 2.10. The van der Waals surface area contributed by atoms with Gasteiger partial charge in [-0.2, -0.15) is 9.57 Å². The van der Waals surface area contributed by atoms with Crippen LogP contribution in [0.25, 0.3) is 0 Å². The summed E-state index contributed by atoms with van der Waals surface area (Å²) < 4.78 is 26.8. The number of hydrogen-bond acceptors (Lipinski definition) is 4. The van der Waals surface area contributed by atoms with E-state index in [0.29, 0.717) is 19.0 Å². The van der Waals surface area contributed by atoms with E-state index in [1.807, 2.05) is 6.07 Å². The van der Waals surface area contributed by atoms with E-state index in [4.69, 9.17) is 5.26 Å². The second-order valence-corrected chi connectivity index (χ2v) is 7.17. The highest BCUT2D eigenvalue weighted by Crippen LogP contribution is 2.25. The van der Waals surface area contributed by atoms with Crippen LogP contribution in [0, 0.1) is 17.2 Å². The first kappa shape index (κ1) is 16.0. The summed E-state index contributed by atoms with van der Waals surface area (Å²) >= 11 is 0. The Morgan fingerprint density at radius 3 is 2.62 bits per heavy atom. The average molecular weight is 307 g/mol. The molecule has 0 amide bonds. The largest absolute Gasteiger partial charge is 0.317 e. The van der Waals surface area contributed by atoms with Crippen molar-refractivity contribution in [2.24, 2.45) is 5.92 Å². The summed E-state index contributed by atoms with van der Waals surface area (Å²) in [7, 11) is -3.56. The van der Waals surface area contributed by atoms with Gasteiger partial charge in [-0.05, 0) is 44.0 Å². The minimum absolute atomic E-state index is 0.123. The Morgan fingerprint density at radius 1 is 1.33 bits per heavy atom. The van der Waals surface area contributed by atoms with Crippen molar-refractivity contribution in [1.29, 1.82) is 5.26 Å². The van der Waals surface area contributed by atoms with Crippen LogP contribution in [-0.4, -0.2) is 38.9 Å². The zero-order chi connectivity index (χ0) is 15.3. The van der Waals surface area contributed by atoms with Gasteiger partial charge in [0.15, 0.2) is 0 Å². The Morgan fingerprint density at radius 2 is 2.00 bits per heavy atom. The summed E-state index contributed by atoms with van der Waals surface area (Å²) in [4.78, 5) is 0.123. The van der Waals surface area contributed by atoms with Crippen LogP contribution in [0.2, 0.25) is 0 Å². The molecule has 1 heterocycles. The van der Waals surface area contributed by atoms with Gasteiger partial charge in [0, 0.05) is 13.1 Å². The van der Waals surface area contributed by atoms with Crippen molar-refractivity contribution in [3.8, 4) is 6.07 Å². The fourth-order valence-electron chi connectivity index (χ4n) is 2.63. The summed E-state index contributed by atoms with van der Waals surface area (Å²) in [6.07, 6.45) is 1.72. The Hall–Kier alpha value is -1.42. The minimum atomic E-state index is -3.56. The van der Waals surface area contributed by atoms with Gasteiger partial charge in [0.2, 0.25) is 10.0 Å². The molecule has 0 unspecified atom stereocenters. The molecule has 0 saturated carbocycles. The maximum absolute atomic E-state index is 12.6. The predicted octanol–water partition coefficient (Wildman–Crippen LogP) is 1.57. The summed E-state index contributed by atoms with van der Waals surface area (Å²) in [6, 6.07) is 8.36. The number of nitriles is 1. The van der Waals surface area contributed by atoms with Crippen LogP contribution in [0.4, 0.5) is 0 Å². The lowest BCUT2D eigenvalue weighted by molar-refractivity contribution is 0.268. The van der Waals surface area contributed by atoms with Gasteiger partial charge in [-0.25, -0.2) is 8.42 Å². The molecule has 114 valence electrons. The van der Waals surface area contributed by atoms with Crippen LogP contribution in [0.15, 0.2) is 29.2 Å². The van der Waals surface area contributed by atoms with Gasteiger partial charge < -0.3 is 5.32 Å². The van der Waals surface area contributed by atoms with Gasteiger partial charge in [-0.3, -0.25) is 0 Å².